The van der Waals surface area contributed by atoms with Gasteiger partial charge < -0.3 is 4.42 Å². The molecule has 6 heteroatoms. The van der Waals surface area contributed by atoms with Crippen molar-refractivity contribution in [2.75, 3.05) is 0 Å². The molecule has 1 aromatic carbocycles. The van der Waals surface area contributed by atoms with Gasteiger partial charge in [-0.2, -0.15) is 5.10 Å². The number of halogens is 1. The van der Waals surface area contributed by atoms with Crippen LogP contribution in [0.1, 0.15) is 34.5 Å². The van der Waals surface area contributed by atoms with Gasteiger partial charge in [-0.1, -0.05) is 36.7 Å². The van der Waals surface area contributed by atoms with Gasteiger partial charge >= 0.3 is 0 Å². The number of hydrogen-bond acceptors (Lipinski definition) is 4. The molecule has 0 saturated heterocycles. The van der Waals surface area contributed by atoms with Gasteiger partial charge in [-0.15, -0.1) is 11.3 Å². The Morgan fingerprint density at radius 2 is 2.09 bits per heavy atom. The SMILES string of the molecule is CC/C(=N\NC(=O)c1sc2ccccc2c1Cl)c1ccc(C)o1. The number of fused-ring (bicyclic) bond motifs is 1. The molecule has 0 fully saturated rings. The van der Waals surface area contributed by atoms with E-state index < -0.39 is 0 Å². The summed E-state index contributed by atoms with van der Waals surface area (Å²) in [6.07, 6.45) is 0.646. The molecule has 23 heavy (non-hydrogen) atoms. The number of carbonyl (C=O) groups excluding carboxylic acids is 1. The zero-order chi connectivity index (χ0) is 16.4. The molecule has 1 amide bonds. The second-order valence-electron chi connectivity index (χ2n) is 5.00. The van der Waals surface area contributed by atoms with Crippen LogP contribution >= 0.6 is 22.9 Å². The number of nitrogens with one attached hydrogen (secondary N) is 1. The lowest BCUT2D eigenvalue weighted by molar-refractivity contribution is 0.0959. The molecular formula is C17H15ClN2O2S. The number of hydrazone groups is 1. The minimum absolute atomic E-state index is 0.314. The first-order chi connectivity index (χ1) is 11.1. The molecule has 0 spiro atoms. The molecule has 2 aromatic heterocycles. The van der Waals surface area contributed by atoms with Crippen LogP contribution < -0.4 is 5.43 Å². The minimum Gasteiger partial charge on any atom is -0.460 e. The van der Waals surface area contributed by atoms with Gasteiger partial charge in [0.25, 0.3) is 5.91 Å². The molecule has 0 aliphatic rings. The quantitative estimate of drug-likeness (QED) is 0.534. The summed E-state index contributed by atoms with van der Waals surface area (Å²) in [5, 5.41) is 5.53. The molecule has 0 atom stereocenters. The maximum absolute atomic E-state index is 12.4. The zero-order valence-corrected chi connectivity index (χ0v) is 14.3. The van der Waals surface area contributed by atoms with Gasteiger partial charge in [-0.25, -0.2) is 5.43 Å². The second kappa shape index (κ2) is 6.56. The van der Waals surface area contributed by atoms with Crippen molar-refractivity contribution in [2.45, 2.75) is 20.3 Å². The van der Waals surface area contributed by atoms with Crippen molar-refractivity contribution in [3.63, 3.8) is 0 Å². The van der Waals surface area contributed by atoms with Crippen molar-refractivity contribution in [3.8, 4) is 0 Å². The summed E-state index contributed by atoms with van der Waals surface area (Å²) in [5.41, 5.74) is 3.26. The average Bonchev–Trinajstić information content (AvgIpc) is 3.12. The van der Waals surface area contributed by atoms with Gasteiger partial charge in [-0.3, -0.25) is 4.79 Å². The third-order valence-corrected chi connectivity index (χ3v) is 5.07. The minimum atomic E-state index is -0.314. The number of nitrogens with zero attached hydrogens (tertiary/aromatic N) is 1. The summed E-state index contributed by atoms with van der Waals surface area (Å²) in [6.45, 7) is 3.82. The Bertz CT molecular complexity index is 895. The van der Waals surface area contributed by atoms with Crippen molar-refractivity contribution in [2.24, 2.45) is 5.10 Å². The van der Waals surface area contributed by atoms with E-state index in [2.05, 4.69) is 10.5 Å². The number of furan rings is 1. The first kappa shape index (κ1) is 15.8. The Hall–Kier alpha value is -2.11. The van der Waals surface area contributed by atoms with E-state index in [9.17, 15) is 4.79 Å². The zero-order valence-electron chi connectivity index (χ0n) is 12.7. The fourth-order valence-electron chi connectivity index (χ4n) is 2.23. The molecule has 0 saturated carbocycles. The molecule has 4 nitrogen and oxygen atoms in total. The van der Waals surface area contributed by atoms with E-state index in [1.165, 1.54) is 11.3 Å². The van der Waals surface area contributed by atoms with Crippen LogP contribution in [0.2, 0.25) is 5.02 Å². The van der Waals surface area contributed by atoms with Crippen LogP contribution in [-0.4, -0.2) is 11.6 Å². The number of benzene rings is 1. The lowest BCUT2D eigenvalue weighted by Gasteiger charge is -2.02. The Kier molecular flexibility index (Phi) is 4.50. The van der Waals surface area contributed by atoms with Gasteiger partial charge in [0, 0.05) is 10.1 Å². The number of aryl methyl sites for hydroxylation is 1. The molecule has 2 heterocycles. The molecule has 0 bridgehead atoms. The van der Waals surface area contributed by atoms with E-state index in [4.69, 9.17) is 16.0 Å². The number of hydrogen-bond donors (Lipinski definition) is 1. The summed E-state index contributed by atoms with van der Waals surface area (Å²) in [7, 11) is 0. The highest BCUT2D eigenvalue weighted by Gasteiger charge is 2.17. The van der Waals surface area contributed by atoms with Crippen molar-refractivity contribution in [1.29, 1.82) is 0 Å². The van der Waals surface area contributed by atoms with E-state index in [0.717, 1.165) is 15.8 Å². The maximum Gasteiger partial charge on any atom is 0.283 e. The van der Waals surface area contributed by atoms with Crippen molar-refractivity contribution in [3.05, 3.63) is 57.8 Å². The molecule has 3 rings (SSSR count). The van der Waals surface area contributed by atoms with Gasteiger partial charge in [0.05, 0.1) is 5.02 Å². The Morgan fingerprint density at radius 1 is 1.30 bits per heavy atom. The Labute approximate surface area is 142 Å². The van der Waals surface area contributed by atoms with E-state index in [1.807, 2.05) is 50.2 Å². The summed E-state index contributed by atoms with van der Waals surface area (Å²) in [6, 6.07) is 11.4. The summed E-state index contributed by atoms with van der Waals surface area (Å²) in [4.78, 5) is 12.8. The Morgan fingerprint density at radius 3 is 2.74 bits per heavy atom. The lowest BCUT2D eigenvalue weighted by Crippen LogP contribution is -2.19. The van der Waals surface area contributed by atoms with Crippen molar-refractivity contribution in [1.82, 2.24) is 5.43 Å². The lowest BCUT2D eigenvalue weighted by atomic mass is 10.2. The van der Waals surface area contributed by atoms with E-state index in [0.29, 0.717) is 27.8 Å². The van der Waals surface area contributed by atoms with Crippen LogP contribution in [0.25, 0.3) is 10.1 Å². The molecule has 1 N–H and O–H groups in total. The predicted octanol–water partition coefficient (Wildman–Crippen LogP) is 5.00. The highest BCUT2D eigenvalue weighted by molar-refractivity contribution is 7.21. The first-order valence-electron chi connectivity index (χ1n) is 7.21. The van der Waals surface area contributed by atoms with Crippen LogP contribution in [0, 0.1) is 6.92 Å². The largest absolute Gasteiger partial charge is 0.460 e. The monoisotopic (exact) mass is 346 g/mol. The second-order valence-corrected chi connectivity index (χ2v) is 6.43. The third kappa shape index (κ3) is 3.16. The maximum atomic E-state index is 12.4. The fraction of sp³-hybridized carbons (Fsp3) is 0.176. The van der Waals surface area contributed by atoms with Crippen LogP contribution in [0.4, 0.5) is 0 Å². The molecular weight excluding hydrogens is 332 g/mol. The van der Waals surface area contributed by atoms with Crippen LogP contribution in [-0.2, 0) is 0 Å². The number of rotatable bonds is 4. The number of carbonyl (C=O) groups is 1. The summed E-state index contributed by atoms with van der Waals surface area (Å²) < 4.78 is 6.52. The highest BCUT2D eigenvalue weighted by atomic mass is 35.5. The Balaban J connectivity index is 1.85. The molecule has 3 aromatic rings. The van der Waals surface area contributed by atoms with E-state index in [-0.39, 0.29) is 5.91 Å². The molecule has 118 valence electrons. The van der Waals surface area contributed by atoms with Gasteiger partial charge in [-0.05, 0) is 31.5 Å². The summed E-state index contributed by atoms with van der Waals surface area (Å²) in [5.74, 6) is 1.15. The highest BCUT2D eigenvalue weighted by Crippen LogP contribution is 2.34. The smallest absolute Gasteiger partial charge is 0.283 e. The molecule has 0 aliphatic heterocycles. The van der Waals surface area contributed by atoms with E-state index in [1.54, 1.807) is 0 Å². The van der Waals surface area contributed by atoms with Gasteiger partial charge in [0.15, 0.2) is 0 Å². The van der Waals surface area contributed by atoms with Crippen molar-refractivity contribution >= 4 is 44.6 Å². The average molecular weight is 347 g/mol. The van der Waals surface area contributed by atoms with E-state index >= 15 is 0 Å². The number of thiophene rings is 1. The topological polar surface area (TPSA) is 54.6 Å². The fourth-order valence-corrected chi connectivity index (χ4v) is 3.63. The van der Waals surface area contributed by atoms with Crippen LogP contribution in [0.3, 0.4) is 0 Å². The summed E-state index contributed by atoms with van der Waals surface area (Å²) >= 11 is 7.66. The number of amides is 1. The molecule has 0 aliphatic carbocycles. The normalized spacial score (nSPS) is 11.9. The molecule has 0 unspecified atom stereocenters. The van der Waals surface area contributed by atoms with Crippen molar-refractivity contribution < 1.29 is 9.21 Å². The molecule has 0 radical (unpaired) electrons. The van der Waals surface area contributed by atoms with Crippen LogP contribution in [0.5, 0.6) is 0 Å². The third-order valence-electron chi connectivity index (χ3n) is 3.39. The standard InChI is InChI=1S/C17H15ClN2O2S/c1-3-12(13-9-8-10(2)22-13)19-20-17(21)16-15(18)11-6-4-5-7-14(11)23-16/h4-9H,3H2,1-2H3,(H,20,21)/b19-12+. The van der Waals surface area contributed by atoms with Crippen LogP contribution in [0.15, 0.2) is 45.9 Å². The van der Waals surface area contributed by atoms with Gasteiger partial charge in [0.1, 0.15) is 22.1 Å². The van der Waals surface area contributed by atoms with Gasteiger partial charge in [0.2, 0.25) is 0 Å². The predicted molar refractivity (Wildman–Crippen MR) is 94.6 cm³/mol. The first-order valence-corrected chi connectivity index (χ1v) is 8.40.